The summed E-state index contributed by atoms with van der Waals surface area (Å²) in [5.74, 6) is 0.298. The van der Waals surface area contributed by atoms with E-state index in [1.807, 2.05) is 43.5 Å². The summed E-state index contributed by atoms with van der Waals surface area (Å²) >= 11 is 7.41. The van der Waals surface area contributed by atoms with E-state index in [0.29, 0.717) is 28.1 Å². The minimum Gasteiger partial charge on any atom is -0.342 e. The Kier molecular flexibility index (Phi) is 8.30. The zero-order chi connectivity index (χ0) is 24.0. The summed E-state index contributed by atoms with van der Waals surface area (Å²) < 4.78 is 1.83. The Bertz CT molecular complexity index is 1160. The minimum atomic E-state index is -0.431. The molecule has 2 N–H and O–H groups in total. The molecule has 0 aliphatic rings. The maximum absolute atomic E-state index is 12.6. The summed E-state index contributed by atoms with van der Waals surface area (Å²) in [7, 11) is 0. The highest BCUT2D eigenvalue weighted by Gasteiger charge is 2.21. The Balaban J connectivity index is 1.69. The summed E-state index contributed by atoms with van der Waals surface area (Å²) in [6.07, 6.45) is 1.72. The molecule has 0 bridgehead atoms. The average Bonchev–Trinajstić information content (AvgIpc) is 3.18. The van der Waals surface area contributed by atoms with Gasteiger partial charge in [0.25, 0.3) is 5.91 Å². The summed E-state index contributed by atoms with van der Waals surface area (Å²) in [5, 5.41) is 15.3. The number of carbonyl (C=O) groups excluding carboxylic acids is 2. The SMILES string of the molecule is C=CCn1c(SCC(=O)Nc2c(C)cccc2C)nnc1[C@H](C)NC(=O)c1ccccc1Cl. The third kappa shape index (κ3) is 6.03. The van der Waals surface area contributed by atoms with Crippen molar-refractivity contribution in [2.45, 2.75) is 38.5 Å². The zero-order valence-electron chi connectivity index (χ0n) is 18.8. The second-order valence-electron chi connectivity index (χ2n) is 7.52. The number of hydrogen-bond donors (Lipinski definition) is 2. The summed E-state index contributed by atoms with van der Waals surface area (Å²) in [4.78, 5) is 25.2. The topological polar surface area (TPSA) is 88.9 Å². The summed E-state index contributed by atoms with van der Waals surface area (Å²) in [6.45, 7) is 9.98. The highest BCUT2D eigenvalue weighted by molar-refractivity contribution is 7.99. The molecule has 2 aromatic carbocycles. The van der Waals surface area contributed by atoms with E-state index in [-0.39, 0.29) is 17.6 Å². The van der Waals surface area contributed by atoms with Gasteiger partial charge in [-0.3, -0.25) is 9.59 Å². The van der Waals surface area contributed by atoms with E-state index >= 15 is 0 Å². The molecule has 2 amide bonds. The first-order valence-corrected chi connectivity index (χ1v) is 11.8. The fraction of sp³-hybridized carbons (Fsp3) is 0.250. The van der Waals surface area contributed by atoms with Crippen LogP contribution < -0.4 is 10.6 Å². The van der Waals surface area contributed by atoms with Crippen molar-refractivity contribution in [2.24, 2.45) is 0 Å². The molecule has 0 saturated carbocycles. The lowest BCUT2D eigenvalue weighted by atomic mass is 10.1. The zero-order valence-corrected chi connectivity index (χ0v) is 20.3. The van der Waals surface area contributed by atoms with Crippen molar-refractivity contribution in [1.82, 2.24) is 20.1 Å². The number of halogens is 1. The van der Waals surface area contributed by atoms with E-state index in [4.69, 9.17) is 11.6 Å². The predicted octanol–water partition coefficient (Wildman–Crippen LogP) is 4.96. The second kappa shape index (κ2) is 11.2. The van der Waals surface area contributed by atoms with Gasteiger partial charge in [0.1, 0.15) is 0 Å². The number of rotatable bonds is 9. The number of para-hydroxylation sites is 1. The van der Waals surface area contributed by atoms with Crippen LogP contribution in [0.25, 0.3) is 0 Å². The lowest BCUT2D eigenvalue weighted by Crippen LogP contribution is -2.29. The van der Waals surface area contributed by atoms with Crippen LogP contribution in [0.15, 0.2) is 60.3 Å². The fourth-order valence-electron chi connectivity index (χ4n) is 3.33. The lowest BCUT2D eigenvalue weighted by molar-refractivity contribution is -0.113. The van der Waals surface area contributed by atoms with Gasteiger partial charge in [-0.05, 0) is 44.0 Å². The average molecular weight is 484 g/mol. The Hall–Kier alpha value is -3.10. The van der Waals surface area contributed by atoms with E-state index in [0.717, 1.165) is 16.8 Å². The van der Waals surface area contributed by atoms with Gasteiger partial charge in [-0.25, -0.2) is 0 Å². The van der Waals surface area contributed by atoms with Crippen LogP contribution in [0.1, 0.15) is 40.3 Å². The van der Waals surface area contributed by atoms with Gasteiger partial charge in [0.05, 0.1) is 22.4 Å². The normalized spacial score (nSPS) is 11.6. The highest BCUT2D eigenvalue weighted by Crippen LogP contribution is 2.24. The monoisotopic (exact) mass is 483 g/mol. The molecule has 33 heavy (non-hydrogen) atoms. The number of nitrogens with one attached hydrogen (secondary N) is 2. The first-order valence-electron chi connectivity index (χ1n) is 10.4. The first kappa shape index (κ1) is 24.5. The maximum atomic E-state index is 12.6. The third-order valence-corrected chi connectivity index (χ3v) is 6.28. The van der Waals surface area contributed by atoms with Crippen molar-refractivity contribution in [3.05, 3.63) is 82.7 Å². The quantitative estimate of drug-likeness (QED) is 0.332. The number of allylic oxidation sites excluding steroid dienone is 1. The molecule has 3 rings (SSSR count). The Morgan fingerprint density at radius 1 is 1.15 bits per heavy atom. The van der Waals surface area contributed by atoms with Crippen molar-refractivity contribution in [3.63, 3.8) is 0 Å². The Labute approximate surface area is 202 Å². The molecule has 0 fully saturated rings. The van der Waals surface area contributed by atoms with Crippen molar-refractivity contribution >= 4 is 40.9 Å². The summed E-state index contributed by atoms with van der Waals surface area (Å²) in [6, 6.07) is 12.3. The van der Waals surface area contributed by atoms with Gasteiger partial charge >= 0.3 is 0 Å². The van der Waals surface area contributed by atoms with Crippen LogP contribution in [-0.4, -0.2) is 32.3 Å². The number of carbonyl (C=O) groups is 2. The standard InChI is InChI=1S/C24H26ClN5O2S/c1-5-13-30-22(17(4)26-23(32)18-11-6-7-12-19(18)25)28-29-24(30)33-14-20(31)27-21-15(2)9-8-10-16(21)3/h5-12,17H,1,13-14H2,2-4H3,(H,26,32)(H,27,31)/t17-/m0/s1. The van der Waals surface area contributed by atoms with Crippen molar-refractivity contribution in [1.29, 1.82) is 0 Å². The first-order chi connectivity index (χ1) is 15.8. The maximum Gasteiger partial charge on any atom is 0.253 e. The van der Waals surface area contributed by atoms with E-state index in [9.17, 15) is 9.59 Å². The molecule has 1 aromatic heterocycles. The Morgan fingerprint density at radius 2 is 1.85 bits per heavy atom. The van der Waals surface area contributed by atoms with Gasteiger partial charge in [-0.2, -0.15) is 0 Å². The molecular weight excluding hydrogens is 458 g/mol. The molecule has 3 aromatic rings. The van der Waals surface area contributed by atoms with Crippen LogP contribution in [0.3, 0.4) is 0 Å². The minimum absolute atomic E-state index is 0.132. The molecule has 0 aliphatic carbocycles. The molecule has 9 heteroatoms. The van der Waals surface area contributed by atoms with Crippen LogP contribution in [0, 0.1) is 13.8 Å². The van der Waals surface area contributed by atoms with E-state index in [1.54, 1.807) is 30.3 Å². The third-order valence-electron chi connectivity index (χ3n) is 4.99. The number of aromatic nitrogens is 3. The molecule has 1 atom stereocenters. The molecular formula is C24H26ClN5O2S. The van der Waals surface area contributed by atoms with Crippen LogP contribution in [0.2, 0.25) is 5.02 Å². The number of amides is 2. The van der Waals surface area contributed by atoms with Gasteiger partial charge in [-0.1, -0.05) is 59.8 Å². The molecule has 0 radical (unpaired) electrons. The van der Waals surface area contributed by atoms with E-state index < -0.39 is 6.04 Å². The van der Waals surface area contributed by atoms with E-state index in [2.05, 4.69) is 27.4 Å². The van der Waals surface area contributed by atoms with Gasteiger partial charge in [0, 0.05) is 12.2 Å². The van der Waals surface area contributed by atoms with Crippen LogP contribution >= 0.6 is 23.4 Å². The lowest BCUT2D eigenvalue weighted by Gasteiger charge is -2.16. The number of nitrogens with zero attached hydrogens (tertiary/aromatic N) is 3. The Morgan fingerprint density at radius 3 is 2.52 bits per heavy atom. The number of anilines is 1. The second-order valence-corrected chi connectivity index (χ2v) is 8.87. The van der Waals surface area contributed by atoms with Crippen LogP contribution in [0.5, 0.6) is 0 Å². The molecule has 1 heterocycles. The van der Waals surface area contributed by atoms with Crippen molar-refractivity contribution in [3.8, 4) is 0 Å². The number of aryl methyl sites for hydroxylation is 2. The van der Waals surface area contributed by atoms with Crippen molar-refractivity contribution < 1.29 is 9.59 Å². The summed E-state index contributed by atoms with van der Waals surface area (Å²) in [5.41, 5.74) is 3.23. The molecule has 0 unspecified atom stereocenters. The highest BCUT2D eigenvalue weighted by atomic mass is 35.5. The number of thioether (sulfide) groups is 1. The van der Waals surface area contributed by atoms with Crippen LogP contribution in [-0.2, 0) is 11.3 Å². The largest absolute Gasteiger partial charge is 0.342 e. The van der Waals surface area contributed by atoms with Gasteiger partial charge < -0.3 is 15.2 Å². The molecule has 0 aliphatic heterocycles. The van der Waals surface area contributed by atoms with Gasteiger partial charge in [-0.15, -0.1) is 16.8 Å². The van der Waals surface area contributed by atoms with Gasteiger partial charge in [0.2, 0.25) is 5.91 Å². The number of benzene rings is 2. The fourth-order valence-corrected chi connectivity index (χ4v) is 4.31. The number of hydrogen-bond acceptors (Lipinski definition) is 5. The molecule has 0 saturated heterocycles. The van der Waals surface area contributed by atoms with E-state index in [1.165, 1.54) is 11.8 Å². The molecule has 7 nitrogen and oxygen atoms in total. The van der Waals surface area contributed by atoms with Crippen LogP contribution in [0.4, 0.5) is 5.69 Å². The van der Waals surface area contributed by atoms with Gasteiger partial charge in [0.15, 0.2) is 11.0 Å². The predicted molar refractivity (Wildman–Crippen MR) is 133 cm³/mol. The molecule has 0 spiro atoms. The smallest absolute Gasteiger partial charge is 0.253 e. The molecule has 172 valence electrons. The van der Waals surface area contributed by atoms with Crippen molar-refractivity contribution in [2.75, 3.05) is 11.1 Å².